The lowest BCUT2D eigenvalue weighted by atomic mass is 10.1. The van der Waals surface area contributed by atoms with Crippen molar-refractivity contribution in [3.8, 4) is 0 Å². The number of hydrogen-bond acceptors (Lipinski definition) is 2. The summed E-state index contributed by atoms with van der Waals surface area (Å²) in [5.74, 6) is 1.01. The summed E-state index contributed by atoms with van der Waals surface area (Å²) < 4.78 is 3.17. The van der Waals surface area contributed by atoms with E-state index in [1.165, 1.54) is 3.57 Å². The van der Waals surface area contributed by atoms with Crippen molar-refractivity contribution in [3.63, 3.8) is 0 Å². The van der Waals surface area contributed by atoms with Gasteiger partial charge in [0.15, 0.2) is 0 Å². The highest BCUT2D eigenvalue weighted by Gasteiger charge is 2.09. The number of nitrogens with zero attached hydrogens (tertiary/aromatic N) is 2. The Morgan fingerprint density at radius 2 is 2.06 bits per heavy atom. The molecule has 1 N–H and O–H groups in total. The van der Waals surface area contributed by atoms with Crippen LogP contribution in [0.1, 0.15) is 23.9 Å². The van der Waals surface area contributed by atoms with Crippen LogP contribution in [0.3, 0.4) is 0 Å². The maximum absolute atomic E-state index is 10.1. The summed E-state index contributed by atoms with van der Waals surface area (Å²) in [5.41, 5.74) is 0.972. The molecule has 0 aliphatic rings. The Bertz CT molecular complexity index is 478. The molecule has 2 aromatic rings. The highest BCUT2D eigenvalue weighted by Crippen LogP contribution is 2.19. The van der Waals surface area contributed by atoms with Crippen molar-refractivity contribution in [1.29, 1.82) is 0 Å². The fraction of sp³-hybridized carbons (Fsp3) is 0.308. The molecule has 0 spiro atoms. The van der Waals surface area contributed by atoms with E-state index < -0.39 is 6.10 Å². The molecule has 17 heavy (non-hydrogen) atoms. The van der Waals surface area contributed by atoms with Crippen LogP contribution in [0.15, 0.2) is 36.7 Å². The van der Waals surface area contributed by atoms with E-state index in [1.54, 1.807) is 6.20 Å². The molecule has 0 bridgehead atoms. The second-order valence-electron chi connectivity index (χ2n) is 4.06. The number of benzene rings is 1. The van der Waals surface area contributed by atoms with Gasteiger partial charge in [0.2, 0.25) is 0 Å². The predicted octanol–water partition coefficient (Wildman–Crippen LogP) is 2.69. The Morgan fingerprint density at radius 3 is 2.65 bits per heavy atom. The lowest BCUT2D eigenvalue weighted by Gasteiger charge is -2.10. The number of aliphatic hydroxyl groups excluding tert-OH is 1. The average Bonchev–Trinajstić information content (AvgIpc) is 2.73. The summed E-state index contributed by atoms with van der Waals surface area (Å²) >= 11 is 2.26. The zero-order chi connectivity index (χ0) is 12.3. The van der Waals surface area contributed by atoms with Crippen LogP contribution in [-0.4, -0.2) is 14.7 Å². The van der Waals surface area contributed by atoms with Gasteiger partial charge in [-0.1, -0.05) is 12.1 Å². The molecular formula is C13H15IN2O. The lowest BCUT2D eigenvalue weighted by Crippen LogP contribution is -2.03. The first kappa shape index (κ1) is 12.6. The summed E-state index contributed by atoms with van der Waals surface area (Å²) in [6.07, 6.45) is 4.78. The van der Waals surface area contributed by atoms with Crippen LogP contribution < -0.4 is 0 Å². The van der Waals surface area contributed by atoms with E-state index in [0.29, 0.717) is 6.42 Å². The maximum Gasteiger partial charge on any atom is 0.108 e. The van der Waals surface area contributed by atoms with Crippen LogP contribution in [0.2, 0.25) is 0 Å². The number of imidazole rings is 1. The molecule has 1 aromatic carbocycles. The molecule has 1 atom stereocenters. The zero-order valence-electron chi connectivity index (χ0n) is 9.68. The van der Waals surface area contributed by atoms with Crippen LogP contribution >= 0.6 is 22.6 Å². The van der Waals surface area contributed by atoms with Crippen molar-refractivity contribution < 1.29 is 5.11 Å². The van der Waals surface area contributed by atoms with Gasteiger partial charge in [-0.25, -0.2) is 4.98 Å². The van der Waals surface area contributed by atoms with Crippen molar-refractivity contribution in [1.82, 2.24) is 9.55 Å². The minimum Gasteiger partial charge on any atom is -0.388 e. The Balaban J connectivity index is 1.95. The first-order chi connectivity index (χ1) is 8.16. The lowest BCUT2D eigenvalue weighted by molar-refractivity contribution is 0.167. The Labute approximate surface area is 115 Å². The van der Waals surface area contributed by atoms with Gasteiger partial charge < -0.3 is 9.67 Å². The maximum atomic E-state index is 10.1. The van der Waals surface area contributed by atoms with E-state index in [9.17, 15) is 5.11 Å². The van der Waals surface area contributed by atoms with Crippen molar-refractivity contribution in [3.05, 3.63) is 51.6 Å². The molecule has 0 amide bonds. The SMILES string of the molecule is Cn1ccnc1CCC(O)c1ccc(I)cc1. The van der Waals surface area contributed by atoms with Gasteiger partial charge in [-0.05, 0) is 46.7 Å². The molecule has 0 saturated heterocycles. The Hall–Kier alpha value is -0.880. The molecule has 0 aliphatic heterocycles. The minimum atomic E-state index is -0.413. The molecule has 4 heteroatoms. The van der Waals surface area contributed by atoms with Crippen molar-refractivity contribution in [2.45, 2.75) is 18.9 Å². The second kappa shape index (κ2) is 5.64. The number of aliphatic hydroxyl groups is 1. The third-order valence-electron chi connectivity index (χ3n) is 2.82. The van der Waals surface area contributed by atoms with Crippen molar-refractivity contribution in [2.75, 3.05) is 0 Å². The van der Waals surface area contributed by atoms with Gasteiger partial charge in [0.05, 0.1) is 6.10 Å². The quantitative estimate of drug-likeness (QED) is 0.868. The molecule has 0 fully saturated rings. The average molecular weight is 342 g/mol. The third-order valence-corrected chi connectivity index (χ3v) is 3.54. The number of hydrogen-bond donors (Lipinski definition) is 1. The monoisotopic (exact) mass is 342 g/mol. The standard InChI is InChI=1S/C13H15IN2O/c1-16-9-8-15-13(16)7-6-12(17)10-2-4-11(14)5-3-10/h2-5,8-9,12,17H,6-7H2,1H3. The molecule has 1 unspecified atom stereocenters. The highest BCUT2D eigenvalue weighted by atomic mass is 127. The van der Waals surface area contributed by atoms with Crippen molar-refractivity contribution in [2.24, 2.45) is 7.05 Å². The second-order valence-corrected chi connectivity index (χ2v) is 5.31. The normalized spacial score (nSPS) is 12.6. The predicted molar refractivity (Wildman–Crippen MR) is 75.6 cm³/mol. The molecule has 1 heterocycles. The Morgan fingerprint density at radius 1 is 1.35 bits per heavy atom. The summed E-state index contributed by atoms with van der Waals surface area (Å²) in [7, 11) is 1.97. The molecule has 1 aromatic heterocycles. The number of rotatable bonds is 4. The summed E-state index contributed by atoms with van der Waals surface area (Å²) in [4.78, 5) is 4.25. The Kier molecular flexibility index (Phi) is 4.17. The van der Waals surface area contributed by atoms with E-state index in [0.717, 1.165) is 17.8 Å². The van der Waals surface area contributed by atoms with E-state index in [-0.39, 0.29) is 0 Å². The first-order valence-corrected chi connectivity index (χ1v) is 6.64. The molecule has 0 radical (unpaired) electrons. The zero-order valence-corrected chi connectivity index (χ0v) is 11.8. The van der Waals surface area contributed by atoms with Gasteiger partial charge >= 0.3 is 0 Å². The van der Waals surface area contributed by atoms with Crippen LogP contribution in [0, 0.1) is 3.57 Å². The van der Waals surface area contributed by atoms with Crippen LogP contribution in [0.5, 0.6) is 0 Å². The summed E-state index contributed by atoms with van der Waals surface area (Å²) in [5, 5.41) is 10.1. The highest BCUT2D eigenvalue weighted by molar-refractivity contribution is 14.1. The van der Waals surface area contributed by atoms with Gasteiger partial charge in [-0.2, -0.15) is 0 Å². The van der Waals surface area contributed by atoms with E-state index in [2.05, 4.69) is 27.6 Å². The third kappa shape index (κ3) is 3.29. The van der Waals surface area contributed by atoms with E-state index in [4.69, 9.17) is 0 Å². The summed E-state index contributed by atoms with van der Waals surface area (Å²) in [6, 6.07) is 7.98. The van der Waals surface area contributed by atoms with Gasteiger partial charge in [0.1, 0.15) is 5.82 Å². The topological polar surface area (TPSA) is 38.0 Å². The number of halogens is 1. The van der Waals surface area contributed by atoms with Crippen LogP contribution in [-0.2, 0) is 13.5 Å². The first-order valence-electron chi connectivity index (χ1n) is 5.56. The van der Waals surface area contributed by atoms with Crippen molar-refractivity contribution >= 4 is 22.6 Å². The fourth-order valence-corrected chi connectivity index (χ4v) is 2.11. The molecular weight excluding hydrogens is 327 g/mol. The fourth-order valence-electron chi connectivity index (χ4n) is 1.75. The van der Waals surface area contributed by atoms with Gasteiger partial charge in [-0.3, -0.25) is 0 Å². The van der Waals surface area contributed by atoms with Gasteiger partial charge in [0.25, 0.3) is 0 Å². The number of aromatic nitrogens is 2. The smallest absolute Gasteiger partial charge is 0.108 e. The largest absolute Gasteiger partial charge is 0.388 e. The molecule has 0 aliphatic carbocycles. The van der Waals surface area contributed by atoms with Crippen LogP contribution in [0.4, 0.5) is 0 Å². The van der Waals surface area contributed by atoms with Gasteiger partial charge in [0, 0.05) is 29.4 Å². The minimum absolute atomic E-state index is 0.413. The van der Waals surface area contributed by atoms with Gasteiger partial charge in [-0.15, -0.1) is 0 Å². The van der Waals surface area contributed by atoms with E-state index >= 15 is 0 Å². The number of aryl methyl sites for hydroxylation is 2. The molecule has 90 valence electrons. The summed E-state index contributed by atoms with van der Waals surface area (Å²) in [6.45, 7) is 0. The molecule has 2 rings (SSSR count). The molecule has 3 nitrogen and oxygen atoms in total. The van der Waals surface area contributed by atoms with Crippen LogP contribution in [0.25, 0.3) is 0 Å². The molecule has 0 saturated carbocycles. The van der Waals surface area contributed by atoms with E-state index in [1.807, 2.05) is 42.1 Å².